The maximum atomic E-state index is 11.9. The highest BCUT2D eigenvalue weighted by molar-refractivity contribution is 5.90. The van der Waals surface area contributed by atoms with E-state index < -0.39 is 0 Å². The zero-order valence-corrected chi connectivity index (χ0v) is 12.6. The average molecular weight is 293 g/mol. The standard InChI is InChI=1S/C19H19NO2/c1-2-3-15-8-11-18(12-9-15)20-19(22)13-10-16-4-6-17(14-21)7-5-16/h4-9,11-12,21H,10,13-14H2,1H3,(H,20,22). The average Bonchev–Trinajstić information content (AvgIpc) is 2.55. The van der Waals surface area contributed by atoms with Gasteiger partial charge in [0.05, 0.1) is 6.61 Å². The Hall–Kier alpha value is -2.57. The summed E-state index contributed by atoms with van der Waals surface area (Å²) in [6.07, 6.45) is 1.10. The summed E-state index contributed by atoms with van der Waals surface area (Å²) in [6.45, 7) is 1.84. The first-order chi connectivity index (χ1) is 10.7. The zero-order chi connectivity index (χ0) is 15.8. The second-order valence-electron chi connectivity index (χ2n) is 4.98. The minimum atomic E-state index is -0.0134. The van der Waals surface area contributed by atoms with Crippen molar-refractivity contribution >= 4 is 11.6 Å². The van der Waals surface area contributed by atoms with E-state index >= 15 is 0 Å². The quantitative estimate of drug-likeness (QED) is 0.832. The van der Waals surface area contributed by atoms with Crippen molar-refractivity contribution in [2.45, 2.75) is 26.4 Å². The fourth-order valence-electron chi connectivity index (χ4n) is 2.07. The van der Waals surface area contributed by atoms with E-state index in [1.165, 1.54) is 0 Å². The van der Waals surface area contributed by atoms with Crippen LogP contribution in [0.5, 0.6) is 0 Å². The van der Waals surface area contributed by atoms with Crippen molar-refractivity contribution in [1.82, 2.24) is 0 Å². The number of nitrogens with one attached hydrogen (secondary N) is 1. The number of amides is 1. The Balaban J connectivity index is 1.85. The van der Waals surface area contributed by atoms with Crippen LogP contribution in [0.1, 0.15) is 30.0 Å². The maximum absolute atomic E-state index is 11.9. The van der Waals surface area contributed by atoms with Gasteiger partial charge < -0.3 is 10.4 Å². The van der Waals surface area contributed by atoms with Crippen LogP contribution in [0.3, 0.4) is 0 Å². The van der Waals surface area contributed by atoms with Crippen LogP contribution < -0.4 is 5.32 Å². The van der Waals surface area contributed by atoms with E-state index in [9.17, 15) is 4.79 Å². The van der Waals surface area contributed by atoms with E-state index in [1.807, 2.05) is 48.5 Å². The van der Waals surface area contributed by atoms with Gasteiger partial charge in [-0.05, 0) is 48.7 Å². The second kappa shape index (κ2) is 8.02. The highest BCUT2D eigenvalue weighted by atomic mass is 16.3. The summed E-state index contributed by atoms with van der Waals surface area (Å²) in [5.41, 5.74) is 3.68. The van der Waals surface area contributed by atoms with E-state index in [2.05, 4.69) is 17.2 Å². The third-order valence-corrected chi connectivity index (χ3v) is 3.28. The Labute approximate surface area is 131 Å². The molecule has 2 N–H and O–H groups in total. The molecule has 0 fully saturated rings. The van der Waals surface area contributed by atoms with Gasteiger partial charge in [-0.25, -0.2) is 0 Å². The molecule has 0 saturated carbocycles. The van der Waals surface area contributed by atoms with E-state index in [0.717, 1.165) is 22.4 Å². The predicted molar refractivity (Wildman–Crippen MR) is 88.3 cm³/mol. The van der Waals surface area contributed by atoms with Crippen LogP contribution in [-0.4, -0.2) is 11.0 Å². The lowest BCUT2D eigenvalue weighted by molar-refractivity contribution is -0.116. The van der Waals surface area contributed by atoms with E-state index in [0.29, 0.717) is 12.8 Å². The monoisotopic (exact) mass is 293 g/mol. The normalized spacial score (nSPS) is 9.73. The molecule has 0 saturated heterocycles. The first-order valence-electron chi connectivity index (χ1n) is 7.22. The molecule has 0 atom stereocenters. The second-order valence-corrected chi connectivity index (χ2v) is 4.98. The van der Waals surface area contributed by atoms with Crippen molar-refractivity contribution in [2.75, 3.05) is 5.32 Å². The SMILES string of the molecule is CC#Cc1ccc(NC(=O)CCc2ccc(CO)cc2)cc1. The molecular weight excluding hydrogens is 274 g/mol. The van der Waals surface area contributed by atoms with Crippen LogP contribution >= 0.6 is 0 Å². The smallest absolute Gasteiger partial charge is 0.224 e. The number of aliphatic hydroxyl groups is 1. The summed E-state index contributed by atoms with van der Waals surface area (Å²) < 4.78 is 0. The first kappa shape index (κ1) is 15.8. The van der Waals surface area contributed by atoms with Crippen molar-refractivity contribution in [1.29, 1.82) is 0 Å². The first-order valence-corrected chi connectivity index (χ1v) is 7.22. The molecule has 0 unspecified atom stereocenters. The topological polar surface area (TPSA) is 49.3 Å². The van der Waals surface area contributed by atoms with Gasteiger partial charge in [0.1, 0.15) is 0 Å². The molecule has 0 heterocycles. The lowest BCUT2D eigenvalue weighted by Crippen LogP contribution is -2.12. The molecule has 2 aromatic rings. The minimum Gasteiger partial charge on any atom is -0.392 e. The van der Waals surface area contributed by atoms with E-state index in [-0.39, 0.29) is 12.5 Å². The van der Waals surface area contributed by atoms with Crippen LogP contribution in [0.25, 0.3) is 0 Å². The summed E-state index contributed by atoms with van der Waals surface area (Å²) in [6, 6.07) is 15.1. The van der Waals surface area contributed by atoms with Crippen LogP contribution in [0.4, 0.5) is 5.69 Å². The number of hydrogen-bond acceptors (Lipinski definition) is 2. The van der Waals surface area contributed by atoms with Crippen molar-refractivity contribution in [2.24, 2.45) is 0 Å². The Morgan fingerprint density at radius 1 is 1.05 bits per heavy atom. The Morgan fingerprint density at radius 3 is 2.27 bits per heavy atom. The van der Waals surface area contributed by atoms with Crippen LogP contribution in [0.2, 0.25) is 0 Å². The lowest BCUT2D eigenvalue weighted by atomic mass is 10.1. The van der Waals surface area contributed by atoms with Gasteiger partial charge in [-0.1, -0.05) is 30.2 Å². The third-order valence-electron chi connectivity index (χ3n) is 3.28. The highest BCUT2D eigenvalue weighted by Crippen LogP contribution is 2.11. The summed E-state index contributed by atoms with van der Waals surface area (Å²) in [7, 11) is 0. The van der Waals surface area contributed by atoms with Gasteiger partial charge in [-0.2, -0.15) is 0 Å². The Kier molecular flexibility index (Phi) is 5.76. The molecule has 0 aliphatic carbocycles. The summed E-state index contributed by atoms with van der Waals surface area (Å²) in [4.78, 5) is 11.9. The molecule has 3 nitrogen and oxygen atoms in total. The molecular formula is C19H19NO2. The van der Waals surface area contributed by atoms with E-state index in [1.54, 1.807) is 6.92 Å². The molecule has 22 heavy (non-hydrogen) atoms. The van der Waals surface area contributed by atoms with Gasteiger partial charge in [0, 0.05) is 17.7 Å². The number of benzene rings is 2. The molecule has 2 aromatic carbocycles. The number of aliphatic hydroxyl groups excluding tert-OH is 1. The van der Waals surface area contributed by atoms with Gasteiger partial charge >= 0.3 is 0 Å². The molecule has 3 heteroatoms. The fourth-order valence-corrected chi connectivity index (χ4v) is 2.07. The Bertz CT molecular complexity index is 676. The van der Waals surface area contributed by atoms with Gasteiger partial charge in [-0.15, -0.1) is 5.92 Å². The molecule has 0 bridgehead atoms. The molecule has 2 rings (SSSR count). The van der Waals surface area contributed by atoms with Crippen molar-refractivity contribution in [3.63, 3.8) is 0 Å². The fraction of sp³-hybridized carbons (Fsp3) is 0.211. The van der Waals surface area contributed by atoms with Crippen LogP contribution in [-0.2, 0) is 17.8 Å². The van der Waals surface area contributed by atoms with Crippen LogP contribution in [0.15, 0.2) is 48.5 Å². The van der Waals surface area contributed by atoms with Crippen molar-refractivity contribution in [3.8, 4) is 11.8 Å². The van der Waals surface area contributed by atoms with Crippen molar-refractivity contribution < 1.29 is 9.90 Å². The largest absolute Gasteiger partial charge is 0.392 e. The van der Waals surface area contributed by atoms with Gasteiger partial charge in [0.25, 0.3) is 0 Å². The number of aryl methyl sites for hydroxylation is 1. The van der Waals surface area contributed by atoms with Crippen LogP contribution in [0, 0.1) is 11.8 Å². The summed E-state index contributed by atoms with van der Waals surface area (Å²) in [5, 5.41) is 11.9. The number of hydrogen-bond donors (Lipinski definition) is 2. The number of anilines is 1. The van der Waals surface area contributed by atoms with Gasteiger partial charge in [-0.3, -0.25) is 4.79 Å². The number of carbonyl (C=O) groups is 1. The van der Waals surface area contributed by atoms with Gasteiger partial charge in [0.15, 0.2) is 0 Å². The minimum absolute atomic E-state index is 0.0134. The maximum Gasteiger partial charge on any atom is 0.224 e. The summed E-state index contributed by atoms with van der Waals surface area (Å²) in [5.74, 6) is 5.79. The molecule has 0 radical (unpaired) electrons. The summed E-state index contributed by atoms with van der Waals surface area (Å²) >= 11 is 0. The van der Waals surface area contributed by atoms with E-state index in [4.69, 9.17) is 5.11 Å². The molecule has 0 aromatic heterocycles. The predicted octanol–water partition coefficient (Wildman–Crippen LogP) is 3.12. The van der Waals surface area contributed by atoms with Crippen molar-refractivity contribution in [3.05, 3.63) is 65.2 Å². The van der Waals surface area contributed by atoms with Gasteiger partial charge in [0.2, 0.25) is 5.91 Å². The third kappa shape index (κ3) is 4.76. The number of carbonyl (C=O) groups excluding carboxylic acids is 1. The Morgan fingerprint density at radius 2 is 1.68 bits per heavy atom. The zero-order valence-electron chi connectivity index (χ0n) is 12.6. The molecule has 112 valence electrons. The highest BCUT2D eigenvalue weighted by Gasteiger charge is 2.03. The molecule has 0 aliphatic heterocycles. The number of rotatable bonds is 5. The lowest BCUT2D eigenvalue weighted by Gasteiger charge is -2.06. The molecule has 0 aliphatic rings. The molecule has 0 spiro atoms. The molecule has 1 amide bonds.